The van der Waals surface area contributed by atoms with Gasteiger partial charge < -0.3 is 14.6 Å². The Morgan fingerprint density at radius 1 is 1.44 bits per heavy atom. The molecule has 2 fully saturated rings. The van der Waals surface area contributed by atoms with Crippen molar-refractivity contribution < 1.29 is 29.0 Å². The van der Waals surface area contributed by atoms with E-state index in [9.17, 15) is 19.5 Å². The molecule has 132 valence electrons. The maximum absolute atomic E-state index is 13.1. The molecule has 1 spiro atoms. The first-order valence-corrected chi connectivity index (χ1v) is 8.72. The van der Waals surface area contributed by atoms with Crippen molar-refractivity contribution in [1.29, 1.82) is 0 Å². The first-order chi connectivity index (χ1) is 11.8. The molecule has 1 aromatic rings. The number of anilines is 1. The summed E-state index contributed by atoms with van der Waals surface area (Å²) in [4.78, 5) is 39.3. The number of carboxylic acid groups (broad SMARTS) is 1. The van der Waals surface area contributed by atoms with E-state index in [1.807, 2.05) is 13.8 Å². The summed E-state index contributed by atoms with van der Waals surface area (Å²) in [6, 6.07) is 0. The molecular formula is C17H17NO6S. The van der Waals surface area contributed by atoms with Crippen LogP contribution in [-0.2, 0) is 19.1 Å². The minimum Gasteiger partial charge on any atom is -0.481 e. The van der Waals surface area contributed by atoms with Gasteiger partial charge in [-0.1, -0.05) is 12.2 Å². The lowest BCUT2D eigenvalue weighted by Gasteiger charge is -2.21. The van der Waals surface area contributed by atoms with Crippen LogP contribution in [0.1, 0.15) is 20.8 Å². The zero-order valence-electron chi connectivity index (χ0n) is 13.9. The second-order valence-electron chi connectivity index (χ2n) is 6.62. The average Bonchev–Trinajstić information content (AvgIpc) is 3.27. The fourth-order valence-electron chi connectivity index (χ4n) is 4.09. The van der Waals surface area contributed by atoms with Crippen molar-refractivity contribution in [2.24, 2.45) is 11.8 Å². The van der Waals surface area contributed by atoms with Crippen LogP contribution in [0, 0.1) is 25.7 Å². The Morgan fingerprint density at radius 3 is 2.80 bits per heavy atom. The van der Waals surface area contributed by atoms with Crippen LogP contribution in [0.2, 0.25) is 0 Å². The highest BCUT2D eigenvalue weighted by Gasteiger charge is 2.67. The molecule has 1 N–H and O–H groups in total. The molecule has 25 heavy (non-hydrogen) atoms. The van der Waals surface area contributed by atoms with E-state index in [2.05, 4.69) is 0 Å². The maximum Gasteiger partial charge on any atom is 0.341 e. The third-order valence-electron chi connectivity index (χ3n) is 5.39. The van der Waals surface area contributed by atoms with Crippen LogP contribution in [0.25, 0.3) is 0 Å². The Hall–Kier alpha value is -2.19. The number of nitrogens with zero attached hydrogens (tertiary/aromatic N) is 1. The second kappa shape index (κ2) is 5.15. The number of ether oxygens (including phenoxy) is 2. The number of esters is 1. The zero-order chi connectivity index (χ0) is 18.1. The van der Waals surface area contributed by atoms with E-state index in [1.54, 1.807) is 12.2 Å². The van der Waals surface area contributed by atoms with Crippen LogP contribution in [0.5, 0.6) is 0 Å². The second-order valence-corrected chi connectivity index (χ2v) is 7.82. The Bertz CT molecular complexity index is 842. The number of carboxylic acids is 1. The molecule has 3 aliphatic heterocycles. The van der Waals surface area contributed by atoms with E-state index in [0.717, 1.165) is 10.4 Å². The first-order valence-electron chi connectivity index (χ1n) is 7.90. The lowest BCUT2D eigenvalue weighted by Crippen LogP contribution is -2.39. The van der Waals surface area contributed by atoms with Crippen molar-refractivity contribution in [3.8, 4) is 0 Å². The molecule has 1 amide bonds. The van der Waals surface area contributed by atoms with Crippen molar-refractivity contribution in [3.63, 3.8) is 0 Å². The summed E-state index contributed by atoms with van der Waals surface area (Å²) >= 11 is 1.33. The summed E-state index contributed by atoms with van der Waals surface area (Å²) in [5.74, 6) is -3.52. The van der Waals surface area contributed by atoms with Crippen LogP contribution in [0.3, 0.4) is 0 Å². The quantitative estimate of drug-likeness (QED) is 0.647. The third kappa shape index (κ3) is 1.98. The molecule has 1 aromatic heterocycles. The highest BCUT2D eigenvalue weighted by molar-refractivity contribution is 7.17. The molecule has 4 unspecified atom stereocenters. The van der Waals surface area contributed by atoms with Crippen LogP contribution < -0.4 is 4.90 Å². The number of aryl methyl sites for hydroxylation is 1. The van der Waals surface area contributed by atoms with E-state index >= 15 is 0 Å². The number of methoxy groups -OCH3 is 1. The van der Waals surface area contributed by atoms with Crippen LogP contribution in [0.4, 0.5) is 5.00 Å². The summed E-state index contributed by atoms with van der Waals surface area (Å²) in [6.07, 6.45) is 2.95. The molecule has 0 radical (unpaired) electrons. The van der Waals surface area contributed by atoms with E-state index in [1.165, 1.54) is 23.3 Å². The number of thiophene rings is 1. The number of carbonyl (C=O) groups is 3. The Morgan fingerprint density at radius 2 is 2.16 bits per heavy atom. The summed E-state index contributed by atoms with van der Waals surface area (Å²) in [6.45, 7) is 3.89. The fourth-order valence-corrected chi connectivity index (χ4v) is 5.24. The molecule has 8 heteroatoms. The Balaban J connectivity index is 1.79. The predicted octanol–water partition coefficient (Wildman–Crippen LogP) is 1.52. The van der Waals surface area contributed by atoms with Gasteiger partial charge in [-0.3, -0.25) is 14.5 Å². The molecule has 4 rings (SSSR count). The molecule has 7 nitrogen and oxygen atoms in total. The van der Waals surface area contributed by atoms with Gasteiger partial charge in [0.05, 0.1) is 31.2 Å². The topological polar surface area (TPSA) is 93.1 Å². The summed E-state index contributed by atoms with van der Waals surface area (Å²) in [5, 5.41) is 10.0. The molecule has 0 saturated carbocycles. The largest absolute Gasteiger partial charge is 0.481 e. The van der Waals surface area contributed by atoms with Crippen LogP contribution in [0.15, 0.2) is 12.2 Å². The van der Waals surface area contributed by atoms with E-state index in [-0.39, 0.29) is 12.5 Å². The SMILES string of the molecule is COC(=O)c1c(N2CC34C=CC(O3)C(C(=O)O)C4C2=O)sc(C)c1C. The van der Waals surface area contributed by atoms with Crippen molar-refractivity contribution in [3.05, 3.63) is 28.2 Å². The molecule has 2 bridgehead atoms. The maximum atomic E-state index is 13.1. The van der Waals surface area contributed by atoms with E-state index < -0.39 is 35.5 Å². The zero-order valence-corrected chi connectivity index (χ0v) is 14.8. The van der Waals surface area contributed by atoms with Gasteiger partial charge in [-0.15, -0.1) is 11.3 Å². The Kier molecular flexibility index (Phi) is 3.36. The summed E-state index contributed by atoms with van der Waals surface area (Å²) in [7, 11) is 1.30. The highest BCUT2D eigenvalue weighted by atomic mass is 32.1. The molecule has 0 aliphatic carbocycles. The molecule has 0 aromatic carbocycles. The number of hydrogen-bond donors (Lipinski definition) is 1. The summed E-state index contributed by atoms with van der Waals surface area (Å²) < 4.78 is 10.7. The van der Waals surface area contributed by atoms with Crippen molar-refractivity contribution in [2.75, 3.05) is 18.6 Å². The number of hydrogen-bond acceptors (Lipinski definition) is 6. The molecule has 3 aliphatic rings. The van der Waals surface area contributed by atoms with Gasteiger partial charge in [0.15, 0.2) is 0 Å². The van der Waals surface area contributed by atoms with Gasteiger partial charge in [0, 0.05) is 4.88 Å². The number of amides is 1. The van der Waals surface area contributed by atoms with Crippen LogP contribution in [-0.4, -0.2) is 48.3 Å². The van der Waals surface area contributed by atoms with Gasteiger partial charge in [0.1, 0.15) is 16.5 Å². The molecular weight excluding hydrogens is 346 g/mol. The van der Waals surface area contributed by atoms with Gasteiger partial charge in [0.2, 0.25) is 5.91 Å². The number of fused-ring (bicyclic) bond motifs is 1. The average molecular weight is 363 g/mol. The number of aliphatic carboxylic acids is 1. The number of rotatable bonds is 3. The smallest absolute Gasteiger partial charge is 0.341 e. The minimum atomic E-state index is -1.04. The van der Waals surface area contributed by atoms with Gasteiger partial charge in [-0.2, -0.15) is 0 Å². The van der Waals surface area contributed by atoms with Crippen molar-refractivity contribution in [1.82, 2.24) is 0 Å². The van der Waals surface area contributed by atoms with Crippen molar-refractivity contribution in [2.45, 2.75) is 25.6 Å². The lowest BCUT2D eigenvalue weighted by atomic mass is 9.77. The summed E-state index contributed by atoms with van der Waals surface area (Å²) in [5.41, 5.74) is 0.203. The normalized spacial score (nSPS) is 32.4. The lowest BCUT2D eigenvalue weighted by molar-refractivity contribution is -0.146. The molecule has 4 heterocycles. The van der Waals surface area contributed by atoms with E-state index in [4.69, 9.17) is 9.47 Å². The van der Waals surface area contributed by atoms with Gasteiger partial charge in [-0.05, 0) is 19.4 Å². The molecule has 4 atom stereocenters. The predicted molar refractivity (Wildman–Crippen MR) is 88.8 cm³/mol. The Labute approximate surface area is 147 Å². The highest BCUT2D eigenvalue weighted by Crippen LogP contribution is 2.54. The first kappa shape index (κ1) is 16.3. The monoisotopic (exact) mass is 363 g/mol. The molecule has 2 saturated heterocycles. The number of carbonyl (C=O) groups excluding carboxylic acids is 2. The standard InChI is InChI=1S/C17H17NO6S/c1-7-8(2)25-14(10(7)16(22)23-3)18-6-17-5-4-9(24-17)11(15(20)21)12(17)13(18)19/h4-5,9,11-12H,6H2,1-3H3,(H,20,21). The fraction of sp³-hybridized carbons (Fsp3) is 0.471. The van der Waals surface area contributed by atoms with Crippen LogP contribution >= 0.6 is 11.3 Å². The van der Waals surface area contributed by atoms with Gasteiger partial charge in [0.25, 0.3) is 0 Å². The third-order valence-corrected chi connectivity index (χ3v) is 6.62. The minimum absolute atomic E-state index is 0.205. The van der Waals surface area contributed by atoms with E-state index in [0.29, 0.717) is 10.6 Å². The van der Waals surface area contributed by atoms with Gasteiger partial charge >= 0.3 is 11.9 Å². The van der Waals surface area contributed by atoms with Gasteiger partial charge in [-0.25, -0.2) is 4.79 Å². The van der Waals surface area contributed by atoms with Crippen molar-refractivity contribution >= 4 is 34.2 Å².